The first kappa shape index (κ1) is 14.7. The fourth-order valence-electron chi connectivity index (χ4n) is 2.09. The van der Waals surface area contributed by atoms with E-state index >= 15 is 0 Å². The lowest BCUT2D eigenvalue weighted by Gasteiger charge is -2.06. The van der Waals surface area contributed by atoms with E-state index in [2.05, 4.69) is 30.5 Å². The highest BCUT2D eigenvalue weighted by Crippen LogP contribution is 2.09. The maximum Gasteiger partial charge on any atom is 0.123 e. The lowest BCUT2D eigenvalue weighted by molar-refractivity contribution is 0.551. The van der Waals surface area contributed by atoms with Gasteiger partial charge in [0.25, 0.3) is 0 Å². The van der Waals surface area contributed by atoms with Crippen LogP contribution in [-0.4, -0.2) is 16.3 Å². The quantitative estimate of drug-likeness (QED) is 0.878. The van der Waals surface area contributed by atoms with E-state index in [1.54, 1.807) is 12.1 Å². The van der Waals surface area contributed by atoms with Gasteiger partial charge in [0.1, 0.15) is 5.82 Å². The molecule has 108 valence electrons. The number of aryl methyl sites for hydroxylation is 1. The molecule has 0 fully saturated rings. The van der Waals surface area contributed by atoms with Gasteiger partial charge in [-0.3, -0.25) is 4.68 Å². The molecule has 0 unspecified atom stereocenters. The Hall–Kier alpha value is -1.68. The maximum absolute atomic E-state index is 12.9. The molecule has 4 heteroatoms. The largest absolute Gasteiger partial charge is 0.312 e. The summed E-state index contributed by atoms with van der Waals surface area (Å²) in [6.07, 6.45) is 2.06. The smallest absolute Gasteiger partial charge is 0.123 e. The van der Waals surface area contributed by atoms with Crippen LogP contribution < -0.4 is 5.32 Å². The highest BCUT2D eigenvalue weighted by molar-refractivity contribution is 5.19. The summed E-state index contributed by atoms with van der Waals surface area (Å²) in [5.74, 6) is 0.438. The molecule has 3 nitrogen and oxygen atoms in total. The zero-order valence-corrected chi connectivity index (χ0v) is 12.4. The third kappa shape index (κ3) is 4.17. The zero-order chi connectivity index (χ0) is 14.5. The minimum Gasteiger partial charge on any atom is -0.312 e. The van der Waals surface area contributed by atoms with Gasteiger partial charge in [-0.1, -0.05) is 26.0 Å². The Morgan fingerprint density at radius 1 is 1.25 bits per heavy atom. The van der Waals surface area contributed by atoms with Gasteiger partial charge in [0.05, 0.1) is 12.2 Å². The Morgan fingerprint density at radius 2 is 1.95 bits per heavy atom. The first-order valence-electron chi connectivity index (χ1n) is 7.02. The Kier molecular flexibility index (Phi) is 4.90. The van der Waals surface area contributed by atoms with E-state index in [1.165, 1.54) is 17.7 Å². The van der Waals surface area contributed by atoms with Crippen LogP contribution in [0.3, 0.4) is 0 Å². The summed E-state index contributed by atoms with van der Waals surface area (Å²) in [5.41, 5.74) is 3.31. The van der Waals surface area contributed by atoms with Gasteiger partial charge in [-0.05, 0) is 37.1 Å². The van der Waals surface area contributed by atoms with Crippen molar-refractivity contribution in [1.82, 2.24) is 15.1 Å². The molecule has 1 aromatic heterocycles. The average molecular weight is 275 g/mol. The predicted octanol–water partition coefficient (Wildman–Crippen LogP) is 3.12. The Morgan fingerprint density at radius 3 is 2.60 bits per heavy atom. The van der Waals surface area contributed by atoms with Crippen LogP contribution in [0.4, 0.5) is 4.39 Å². The van der Waals surface area contributed by atoms with E-state index in [-0.39, 0.29) is 5.82 Å². The molecule has 0 saturated carbocycles. The number of hydrogen-bond donors (Lipinski definition) is 1. The molecule has 20 heavy (non-hydrogen) atoms. The summed E-state index contributed by atoms with van der Waals surface area (Å²) >= 11 is 0. The van der Waals surface area contributed by atoms with Crippen LogP contribution >= 0.6 is 0 Å². The molecule has 2 aromatic rings. The molecule has 0 spiro atoms. The molecular weight excluding hydrogens is 253 g/mol. The van der Waals surface area contributed by atoms with E-state index < -0.39 is 0 Å². The van der Waals surface area contributed by atoms with Gasteiger partial charge in [-0.15, -0.1) is 0 Å². The topological polar surface area (TPSA) is 29.9 Å². The van der Waals surface area contributed by atoms with E-state index in [1.807, 2.05) is 11.6 Å². The van der Waals surface area contributed by atoms with Crippen molar-refractivity contribution in [2.75, 3.05) is 6.54 Å². The molecule has 1 N–H and O–H groups in total. The molecule has 2 rings (SSSR count). The maximum atomic E-state index is 12.9. The van der Waals surface area contributed by atoms with Crippen LogP contribution in [0.2, 0.25) is 0 Å². The molecule has 0 saturated heterocycles. The lowest BCUT2D eigenvalue weighted by Crippen LogP contribution is -2.19. The molecule has 0 aliphatic rings. The Balaban J connectivity index is 1.97. The fraction of sp³-hybridized carbons (Fsp3) is 0.438. The molecule has 0 atom stereocenters. The van der Waals surface area contributed by atoms with Gasteiger partial charge in [-0.25, -0.2) is 4.39 Å². The highest BCUT2D eigenvalue weighted by Gasteiger charge is 2.05. The number of halogens is 1. The Labute approximate surface area is 119 Å². The van der Waals surface area contributed by atoms with Crippen LogP contribution in [-0.2, 0) is 13.1 Å². The number of aromatic nitrogens is 2. The molecule has 1 heterocycles. The average Bonchev–Trinajstić information content (AvgIpc) is 2.72. The molecule has 0 bridgehead atoms. The summed E-state index contributed by atoms with van der Waals surface area (Å²) in [6, 6.07) is 6.56. The van der Waals surface area contributed by atoms with Gasteiger partial charge in [0, 0.05) is 18.3 Å². The summed E-state index contributed by atoms with van der Waals surface area (Å²) in [7, 11) is 0. The van der Waals surface area contributed by atoms with Gasteiger partial charge in [-0.2, -0.15) is 5.10 Å². The minimum atomic E-state index is -0.205. The van der Waals surface area contributed by atoms with Crippen molar-refractivity contribution in [1.29, 1.82) is 0 Å². The molecule has 0 aliphatic heterocycles. The normalized spacial score (nSPS) is 11.2. The third-order valence-corrected chi connectivity index (χ3v) is 3.17. The van der Waals surface area contributed by atoms with Crippen LogP contribution in [0.1, 0.15) is 30.7 Å². The van der Waals surface area contributed by atoms with Crippen molar-refractivity contribution in [3.63, 3.8) is 0 Å². The second-order valence-corrected chi connectivity index (χ2v) is 5.59. The lowest BCUT2D eigenvalue weighted by atomic mass is 10.2. The highest BCUT2D eigenvalue weighted by atomic mass is 19.1. The van der Waals surface area contributed by atoms with Crippen LogP contribution in [0, 0.1) is 18.7 Å². The van der Waals surface area contributed by atoms with Crippen LogP contribution in [0.5, 0.6) is 0 Å². The fourth-order valence-corrected chi connectivity index (χ4v) is 2.09. The van der Waals surface area contributed by atoms with Gasteiger partial charge < -0.3 is 5.32 Å². The number of benzene rings is 1. The first-order valence-corrected chi connectivity index (χ1v) is 7.02. The van der Waals surface area contributed by atoms with Crippen molar-refractivity contribution in [3.8, 4) is 0 Å². The molecule has 0 aliphatic carbocycles. The minimum absolute atomic E-state index is 0.205. The van der Waals surface area contributed by atoms with Crippen LogP contribution in [0.25, 0.3) is 0 Å². The standard InChI is InChI=1S/C16H22FN3/c1-12(2)8-18-9-15-11-20(19-13(15)3)10-14-4-6-16(17)7-5-14/h4-7,11-12,18H,8-10H2,1-3H3. The van der Waals surface area contributed by atoms with E-state index in [9.17, 15) is 4.39 Å². The summed E-state index contributed by atoms with van der Waals surface area (Å²) < 4.78 is 14.8. The van der Waals surface area contributed by atoms with E-state index in [4.69, 9.17) is 0 Å². The summed E-state index contributed by atoms with van der Waals surface area (Å²) in [4.78, 5) is 0. The third-order valence-electron chi connectivity index (χ3n) is 3.17. The van der Waals surface area contributed by atoms with Crippen molar-refractivity contribution in [3.05, 3.63) is 53.1 Å². The number of nitrogens with zero attached hydrogens (tertiary/aromatic N) is 2. The second kappa shape index (κ2) is 6.66. The number of nitrogens with one attached hydrogen (secondary N) is 1. The number of hydrogen-bond acceptors (Lipinski definition) is 2. The summed E-state index contributed by atoms with van der Waals surface area (Å²) in [5, 5.41) is 7.93. The predicted molar refractivity (Wildman–Crippen MR) is 79.0 cm³/mol. The van der Waals surface area contributed by atoms with Gasteiger partial charge in [0.2, 0.25) is 0 Å². The zero-order valence-electron chi connectivity index (χ0n) is 12.4. The van der Waals surface area contributed by atoms with Gasteiger partial charge in [0.15, 0.2) is 0 Å². The monoisotopic (exact) mass is 275 g/mol. The Bertz CT molecular complexity index is 543. The van der Waals surface area contributed by atoms with Crippen LogP contribution in [0.15, 0.2) is 30.5 Å². The first-order chi connectivity index (χ1) is 9.54. The SMILES string of the molecule is Cc1nn(Cc2ccc(F)cc2)cc1CNCC(C)C. The van der Waals surface area contributed by atoms with Gasteiger partial charge >= 0.3 is 0 Å². The molecule has 0 radical (unpaired) electrons. The molecule has 1 aromatic carbocycles. The van der Waals surface area contributed by atoms with Crippen molar-refractivity contribution in [2.24, 2.45) is 5.92 Å². The van der Waals surface area contributed by atoms with E-state index in [0.717, 1.165) is 24.3 Å². The van der Waals surface area contributed by atoms with Crippen molar-refractivity contribution < 1.29 is 4.39 Å². The molecular formula is C16H22FN3. The number of rotatable bonds is 6. The second-order valence-electron chi connectivity index (χ2n) is 5.59. The van der Waals surface area contributed by atoms with Crippen molar-refractivity contribution in [2.45, 2.75) is 33.9 Å². The molecule has 0 amide bonds. The summed E-state index contributed by atoms with van der Waals surface area (Å²) in [6.45, 7) is 8.92. The van der Waals surface area contributed by atoms with Crippen molar-refractivity contribution >= 4 is 0 Å². The van der Waals surface area contributed by atoms with E-state index in [0.29, 0.717) is 12.5 Å².